The molecule has 0 heterocycles. The molecular formula is C16H17BrN2O. The highest BCUT2D eigenvalue weighted by Crippen LogP contribution is 2.20. The number of rotatable bonds is 4. The molecule has 0 unspecified atom stereocenters. The van der Waals surface area contributed by atoms with Crippen LogP contribution in [-0.4, -0.2) is 11.9 Å². The molecule has 4 heteroatoms. The van der Waals surface area contributed by atoms with Gasteiger partial charge in [0.15, 0.2) is 0 Å². The predicted octanol–water partition coefficient (Wildman–Crippen LogP) is 4.52. The highest BCUT2D eigenvalue weighted by molar-refractivity contribution is 9.10. The average molecular weight is 333 g/mol. The van der Waals surface area contributed by atoms with Crippen molar-refractivity contribution < 1.29 is 4.79 Å². The monoisotopic (exact) mass is 332 g/mol. The van der Waals surface area contributed by atoms with Gasteiger partial charge in [-0.15, -0.1) is 0 Å². The number of halogens is 1. The number of hydrogen-bond donors (Lipinski definition) is 2. The summed E-state index contributed by atoms with van der Waals surface area (Å²) in [4.78, 5) is 12.4. The molecule has 0 spiro atoms. The van der Waals surface area contributed by atoms with Gasteiger partial charge in [0.05, 0.1) is 5.56 Å². The minimum Gasteiger partial charge on any atom is -0.382 e. The Morgan fingerprint density at radius 3 is 2.55 bits per heavy atom. The molecule has 2 aromatic carbocycles. The molecule has 0 fully saturated rings. The van der Waals surface area contributed by atoms with E-state index in [0.29, 0.717) is 5.56 Å². The van der Waals surface area contributed by atoms with Gasteiger partial charge in [0.25, 0.3) is 5.91 Å². The van der Waals surface area contributed by atoms with E-state index in [-0.39, 0.29) is 11.9 Å². The van der Waals surface area contributed by atoms with Crippen molar-refractivity contribution in [2.24, 2.45) is 0 Å². The van der Waals surface area contributed by atoms with E-state index in [1.165, 1.54) is 0 Å². The van der Waals surface area contributed by atoms with Gasteiger partial charge in [0.1, 0.15) is 0 Å². The maximum Gasteiger partial charge on any atom is 0.257 e. The molecule has 0 atom stereocenters. The Kier molecular flexibility index (Phi) is 4.79. The van der Waals surface area contributed by atoms with E-state index in [2.05, 4.69) is 26.6 Å². The summed E-state index contributed by atoms with van der Waals surface area (Å²) in [5.41, 5.74) is 2.25. The molecule has 0 aliphatic carbocycles. The van der Waals surface area contributed by atoms with Gasteiger partial charge in [0.2, 0.25) is 0 Å². The van der Waals surface area contributed by atoms with E-state index in [1.807, 2.05) is 62.4 Å². The largest absolute Gasteiger partial charge is 0.382 e. The SMILES string of the molecule is CC(C)Nc1ccccc1C(=O)Nc1cccc(Br)c1. The fraction of sp³-hybridized carbons (Fsp3) is 0.188. The summed E-state index contributed by atoms with van der Waals surface area (Å²) in [6, 6.07) is 15.3. The van der Waals surface area contributed by atoms with Gasteiger partial charge in [-0.05, 0) is 44.2 Å². The molecule has 0 aromatic heterocycles. The minimum atomic E-state index is -0.119. The second kappa shape index (κ2) is 6.57. The molecule has 1 amide bonds. The van der Waals surface area contributed by atoms with Crippen LogP contribution in [0, 0.1) is 0 Å². The maximum absolute atomic E-state index is 12.4. The van der Waals surface area contributed by atoms with Crippen molar-refractivity contribution >= 4 is 33.2 Å². The lowest BCUT2D eigenvalue weighted by molar-refractivity contribution is 0.102. The molecule has 0 saturated heterocycles. The van der Waals surface area contributed by atoms with Crippen molar-refractivity contribution in [3.8, 4) is 0 Å². The van der Waals surface area contributed by atoms with E-state index in [9.17, 15) is 4.79 Å². The van der Waals surface area contributed by atoms with E-state index >= 15 is 0 Å². The molecule has 104 valence electrons. The summed E-state index contributed by atoms with van der Waals surface area (Å²) < 4.78 is 0.934. The Hall–Kier alpha value is -1.81. The molecule has 0 saturated carbocycles. The Morgan fingerprint density at radius 1 is 1.10 bits per heavy atom. The first kappa shape index (κ1) is 14.6. The topological polar surface area (TPSA) is 41.1 Å². The third-order valence-corrected chi connectivity index (χ3v) is 3.19. The van der Waals surface area contributed by atoms with Crippen molar-refractivity contribution in [2.75, 3.05) is 10.6 Å². The molecule has 20 heavy (non-hydrogen) atoms. The standard InChI is InChI=1S/C16H17BrN2O/c1-11(2)18-15-9-4-3-8-14(15)16(20)19-13-7-5-6-12(17)10-13/h3-11,18H,1-2H3,(H,19,20). The molecule has 2 aromatic rings. The third-order valence-electron chi connectivity index (χ3n) is 2.70. The smallest absolute Gasteiger partial charge is 0.257 e. The minimum absolute atomic E-state index is 0.119. The quantitative estimate of drug-likeness (QED) is 0.864. The van der Waals surface area contributed by atoms with Gasteiger partial charge in [-0.1, -0.05) is 34.1 Å². The lowest BCUT2D eigenvalue weighted by Gasteiger charge is -2.14. The highest BCUT2D eigenvalue weighted by atomic mass is 79.9. The third kappa shape index (κ3) is 3.84. The van der Waals surface area contributed by atoms with Crippen LogP contribution in [0.5, 0.6) is 0 Å². The zero-order valence-electron chi connectivity index (χ0n) is 11.5. The normalized spacial score (nSPS) is 10.4. The van der Waals surface area contributed by atoms with Crippen LogP contribution in [0.3, 0.4) is 0 Å². The molecule has 3 nitrogen and oxygen atoms in total. The number of carbonyl (C=O) groups excluding carboxylic acids is 1. The van der Waals surface area contributed by atoms with Crippen molar-refractivity contribution in [3.05, 3.63) is 58.6 Å². The summed E-state index contributed by atoms with van der Waals surface area (Å²) in [6.07, 6.45) is 0. The maximum atomic E-state index is 12.4. The van der Waals surface area contributed by atoms with Crippen molar-refractivity contribution in [3.63, 3.8) is 0 Å². The zero-order chi connectivity index (χ0) is 14.5. The van der Waals surface area contributed by atoms with Crippen molar-refractivity contribution in [1.29, 1.82) is 0 Å². The molecular weight excluding hydrogens is 316 g/mol. The second-order valence-electron chi connectivity index (χ2n) is 4.81. The summed E-state index contributed by atoms with van der Waals surface area (Å²) in [7, 11) is 0. The Bertz CT molecular complexity index is 611. The van der Waals surface area contributed by atoms with Crippen LogP contribution < -0.4 is 10.6 Å². The van der Waals surface area contributed by atoms with E-state index < -0.39 is 0 Å². The van der Waals surface area contributed by atoms with E-state index in [4.69, 9.17) is 0 Å². The summed E-state index contributed by atoms with van der Waals surface area (Å²) in [6.45, 7) is 4.09. The highest BCUT2D eigenvalue weighted by Gasteiger charge is 2.11. The first-order valence-corrected chi connectivity index (χ1v) is 7.28. The number of hydrogen-bond acceptors (Lipinski definition) is 2. The number of amides is 1. The lowest BCUT2D eigenvalue weighted by atomic mass is 10.1. The number of carbonyl (C=O) groups is 1. The Balaban J connectivity index is 2.21. The van der Waals surface area contributed by atoms with Gasteiger partial charge < -0.3 is 10.6 Å². The first-order chi connectivity index (χ1) is 9.56. The van der Waals surface area contributed by atoms with Gasteiger partial charge in [-0.25, -0.2) is 0 Å². The van der Waals surface area contributed by atoms with Gasteiger partial charge in [0, 0.05) is 21.9 Å². The molecule has 0 radical (unpaired) electrons. The number of anilines is 2. The number of benzene rings is 2. The van der Waals surface area contributed by atoms with Crippen LogP contribution in [0.15, 0.2) is 53.0 Å². The molecule has 0 aliphatic heterocycles. The van der Waals surface area contributed by atoms with E-state index in [1.54, 1.807) is 0 Å². The van der Waals surface area contributed by atoms with Crippen LogP contribution in [0.1, 0.15) is 24.2 Å². The summed E-state index contributed by atoms with van der Waals surface area (Å²) in [5, 5.41) is 6.19. The predicted molar refractivity (Wildman–Crippen MR) is 87.3 cm³/mol. The van der Waals surface area contributed by atoms with Crippen LogP contribution in [0.2, 0.25) is 0 Å². The zero-order valence-corrected chi connectivity index (χ0v) is 13.1. The lowest BCUT2D eigenvalue weighted by Crippen LogP contribution is -2.17. The van der Waals surface area contributed by atoms with Gasteiger partial charge in [-0.3, -0.25) is 4.79 Å². The molecule has 0 aliphatic rings. The summed E-state index contributed by atoms with van der Waals surface area (Å²) >= 11 is 3.39. The van der Waals surface area contributed by atoms with Crippen molar-refractivity contribution in [2.45, 2.75) is 19.9 Å². The van der Waals surface area contributed by atoms with Crippen LogP contribution in [0.4, 0.5) is 11.4 Å². The van der Waals surface area contributed by atoms with Crippen LogP contribution >= 0.6 is 15.9 Å². The Labute approximate surface area is 127 Å². The molecule has 2 N–H and O–H groups in total. The Morgan fingerprint density at radius 2 is 1.85 bits per heavy atom. The second-order valence-corrected chi connectivity index (χ2v) is 5.72. The fourth-order valence-electron chi connectivity index (χ4n) is 1.88. The fourth-order valence-corrected chi connectivity index (χ4v) is 2.28. The van der Waals surface area contributed by atoms with Gasteiger partial charge in [-0.2, -0.15) is 0 Å². The van der Waals surface area contributed by atoms with E-state index in [0.717, 1.165) is 15.8 Å². The summed E-state index contributed by atoms with van der Waals surface area (Å²) in [5.74, 6) is -0.119. The van der Waals surface area contributed by atoms with Crippen molar-refractivity contribution in [1.82, 2.24) is 0 Å². The number of para-hydroxylation sites is 1. The van der Waals surface area contributed by atoms with Gasteiger partial charge >= 0.3 is 0 Å². The first-order valence-electron chi connectivity index (χ1n) is 6.49. The van der Waals surface area contributed by atoms with Crippen LogP contribution in [-0.2, 0) is 0 Å². The molecule has 2 rings (SSSR count). The average Bonchev–Trinajstić information content (AvgIpc) is 2.38. The molecule has 0 bridgehead atoms. The number of nitrogens with one attached hydrogen (secondary N) is 2. The van der Waals surface area contributed by atoms with Crippen LogP contribution in [0.25, 0.3) is 0 Å².